The summed E-state index contributed by atoms with van der Waals surface area (Å²) in [6.45, 7) is 1.35. The van der Waals surface area contributed by atoms with Gasteiger partial charge in [0, 0.05) is 18.5 Å². The molecule has 7 nitrogen and oxygen atoms in total. The zero-order valence-electron chi connectivity index (χ0n) is 14.2. The zero-order valence-corrected chi connectivity index (χ0v) is 14.2. The number of carbonyl (C=O) groups excluding carboxylic acids is 3. The Labute approximate surface area is 150 Å². The number of nitrogens with one attached hydrogen (secondary N) is 1. The molecule has 0 aliphatic carbocycles. The third-order valence-corrected chi connectivity index (χ3v) is 3.89. The predicted octanol–water partition coefficient (Wildman–Crippen LogP) is 2.60. The molecule has 134 valence electrons. The maximum atomic E-state index is 12.6. The molecule has 1 atom stereocenters. The summed E-state index contributed by atoms with van der Waals surface area (Å²) in [6.07, 6.45) is 4.30. The number of esters is 1. The fraction of sp³-hybridized carbons (Fsp3) is 0.211. The van der Waals surface area contributed by atoms with Crippen molar-refractivity contribution in [2.45, 2.75) is 19.4 Å². The van der Waals surface area contributed by atoms with Crippen molar-refractivity contribution in [1.82, 2.24) is 0 Å². The number of benzene rings is 1. The lowest BCUT2D eigenvalue weighted by Crippen LogP contribution is -2.41. The summed E-state index contributed by atoms with van der Waals surface area (Å²) >= 11 is 0. The van der Waals surface area contributed by atoms with Crippen LogP contribution in [0.2, 0.25) is 0 Å². The molecule has 1 aliphatic heterocycles. The minimum absolute atomic E-state index is 0.159. The van der Waals surface area contributed by atoms with E-state index in [0.29, 0.717) is 17.1 Å². The highest BCUT2D eigenvalue weighted by Crippen LogP contribution is 2.31. The van der Waals surface area contributed by atoms with Crippen LogP contribution in [-0.2, 0) is 19.1 Å². The van der Waals surface area contributed by atoms with Gasteiger partial charge in [-0.2, -0.15) is 0 Å². The van der Waals surface area contributed by atoms with Gasteiger partial charge in [0.2, 0.25) is 5.91 Å². The second kappa shape index (κ2) is 7.69. The number of carbonyl (C=O) groups is 3. The summed E-state index contributed by atoms with van der Waals surface area (Å²) in [6, 6.07) is 10.1. The van der Waals surface area contributed by atoms with Crippen LogP contribution in [0.25, 0.3) is 6.08 Å². The van der Waals surface area contributed by atoms with Crippen LogP contribution >= 0.6 is 0 Å². The van der Waals surface area contributed by atoms with Crippen LogP contribution in [0.15, 0.2) is 53.2 Å². The van der Waals surface area contributed by atoms with Crippen molar-refractivity contribution in [2.75, 3.05) is 16.8 Å². The van der Waals surface area contributed by atoms with E-state index in [4.69, 9.17) is 9.15 Å². The first-order valence-corrected chi connectivity index (χ1v) is 8.14. The van der Waals surface area contributed by atoms with E-state index in [1.807, 2.05) is 0 Å². The van der Waals surface area contributed by atoms with E-state index in [1.165, 1.54) is 23.3 Å². The third-order valence-electron chi connectivity index (χ3n) is 3.89. The maximum Gasteiger partial charge on any atom is 0.331 e. The number of ether oxygens (including phenoxy) is 1. The van der Waals surface area contributed by atoms with E-state index >= 15 is 0 Å². The van der Waals surface area contributed by atoms with Crippen molar-refractivity contribution in [3.63, 3.8) is 0 Å². The summed E-state index contributed by atoms with van der Waals surface area (Å²) in [5.41, 5.74) is 1.14. The molecule has 7 heteroatoms. The molecule has 0 bridgehead atoms. The van der Waals surface area contributed by atoms with Crippen LogP contribution in [0.1, 0.15) is 19.1 Å². The molecule has 0 spiro atoms. The van der Waals surface area contributed by atoms with Gasteiger partial charge in [0.05, 0.1) is 17.6 Å². The Morgan fingerprint density at radius 1 is 1.31 bits per heavy atom. The average Bonchev–Trinajstić information content (AvgIpc) is 3.09. The second-order valence-corrected chi connectivity index (χ2v) is 5.84. The second-order valence-electron chi connectivity index (χ2n) is 5.84. The zero-order chi connectivity index (χ0) is 18.5. The minimum Gasteiger partial charge on any atom is -0.465 e. The molecule has 26 heavy (non-hydrogen) atoms. The van der Waals surface area contributed by atoms with Crippen LogP contribution in [0, 0.1) is 0 Å². The summed E-state index contributed by atoms with van der Waals surface area (Å²) < 4.78 is 10.1. The molecule has 3 rings (SSSR count). The molecule has 2 aromatic rings. The van der Waals surface area contributed by atoms with Gasteiger partial charge < -0.3 is 19.4 Å². The van der Waals surface area contributed by atoms with Gasteiger partial charge in [-0.1, -0.05) is 12.1 Å². The van der Waals surface area contributed by atoms with Gasteiger partial charge in [-0.15, -0.1) is 0 Å². The fourth-order valence-electron chi connectivity index (χ4n) is 2.75. The van der Waals surface area contributed by atoms with Crippen molar-refractivity contribution in [2.24, 2.45) is 0 Å². The van der Waals surface area contributed by atoms with Crippen LogP contribution in [0.3, 0.4) is 0 Å². The lowest BCUT2D eigenvalue weighted by Gasteiger charge is -2.27. The van der Waals surface area contributed by atoms with E-state index < -0.39 is 18.5 Å². The van der Waals surface area contributed by atoms with E-state index in [0.717, 1.165) is 0 Å². The number of rotatable bonds is 4. The van der Waals surface area contributed by atoms with Crippen molar-refractivity contribution < 1.29 is 23.5 Å². The normalized spacial score (nSPS) is 16.7. The first-order chi connectivity index (χ1) is 12.5. The van der Waals surface area contributed by atoms with E-state index in [1.54, 1.807) is 43.3 Å². The number of amides is 2. The highest BCUT2D eigenvalue weighted by atomic mass is 16.5. The van der Waals surface area contributed by atoms with Gasteiger partial charge in [0.1, 0.15) is 5.76 Å². The monoisotopic (exact) mass is 354 g/mol. The van der Waals surface area contributed by atoms with Gasteiger partial charge in [-0.3, -0.25) is 9.59 Å². The Morgan fingerprint density at radius 2 is 2.12 bits per heavy atom. The van der Waals surface area contributed by atoms with Crippen LogP contribution in [0.4, 0.5) is 11.4 Å². The Kier molecular flexibility index (Phi) is 5.17. The standard InChI is InChI=1S/C19H18N2O5/c1-13-11-17(22)20-15-6-2-3-7-16(15)21(13)18(23)12-26-19(24)9-8-14-5-4-10-25-14/h2-10,13H,11-12H2,1H3,(H,20,22)/b9-8+/t13-/m0/s1. The summed E-state index contributed by atoms with van der Waals surface area (Å²) in [5.74, 6) is -0.715. The largest absolute Gasteiger partial charge is 0.465 e. The smallest absolute Gasteiger partial charge is 0.331 e. The number of furan rings is 1. The fourth-order valence-corrected chi connectivity index (χ4v) is 2.75. The first-order valence-electron chi connectivity index (χ1n) is 8.14. The van der Waals surface area contributed by atoms with Gasteiger partial charge >= 0.3 is 5.97 Å². The summed E-state index contributed by atoms with van der Waals surface area (Å²) in [5, 5.41) is 2.78. The summed E-state index contributed by atoms with van der Waals surface area (Å²) in [4.78, 5) is 37.8. The quantitative estimate of drug-likeness (QED) is 0.673. The van der Waals surface area contributed by atoms with E-state index in [-0.39, 0.29) is 18.4 Å². The lowest BCUT2D eigenvalue weighted by molar-refractivity contribution is -0.143. The molecule has 1 aromatic carbocycles. The molecular formula is C19H18N2O5. The van der Waals surface area contributed by atoms with Gasteiger partial charge in [-0.05, 0) is 37.3 Å². The summed E-state index contributed by atoms with van der Waals surface area (Å²) in [7, 11) is 0. The Hall–Kier alpha value is -3.35. The van der Waals surface area contributed by atoms with Crippen LogP contribution in [-0.4, -0.2) is 30.4 Å². The number of nitrogens with zero attached hydrogens (tertiary/aromatic N) is 1. The highest BCUT2D eigenvalue weighted by molar-refractivity contribution is 6.05. The minimum atomic E-state index is -0.653. The predicted molar refractivity (Wildman–Crippen MR) is 95.3 cm³/mol. The SMILES string of the molecule is C[C@H]1CC(=O)Nc2ccccc2N1C(=O)COC(=O)/C=C/c1ccco1. The number of anilines is 2. The average molecular weight is 354 g/mol. The molecule has 0 fully saturated rings. The van der Waals surface area contributed by atoms with Gasteiger partial charge in [-0.25, -0.2) is 4.79 Å². The molecule has 0 saturated carbocycles. The highest BCUT2D eigenvalue weighted by Gasteiger charge is 2.29. The maximum absolute atomic E-state index is 12.6. The topological polar surface area (TPSA) is 88.9 Å². The van der Waals surface area contributed by atoms with Crippen molar-refractivity contribution in [3.8, 4) is 0 Å². The van der Waals surface area contributed by atoms with E-state index in [9.17, 15) is 14.4 Å². The molecule has 1 aromatic heterocycles. The first kappa shape index (κ1) is 17.5. The number of hydrogen-bond donors (Lipinski definition) is 1. The van der Waals surface area contributed by atoms with E-state index in [2.05, 4.69) is 5.32 Å². The Bertz CT molecular complexity index is 841. The van der Waals surface area contributed by atoms with Gasteiger partial charge in [0.15, 0.2) is 6.61 Å². The van der Waals surface area contributed by atoms with Crippen molar-refractivity contribution in [1.29, 1.82) is 0 Å². The molecule has 2 amide bonds. The molecule has 1 N–H and O–H groups in total. The molecule has 2 heterocycles. The molecule has 0 saturated heterocycles. The number of para-hydroxylation sites is 2. The van der Waals surface area contributed by atoms with Crippen molar-refractivity contribution >= 4 is 35.2 Å². The molecule has 0 radical (unpaired) electrons. The molecule has 0 unspecified atom stereocenters. The van der Waals surface area contributed by atoms with Gasteiger partial charge in [0.25, 0.3) is 5.91 Å². The Balaban J connectivity index is 1.68. The number of fused-ring (bicyclic) bond motifs is 1. The van der Waals surface area contributed by atoms with Crippen molar-refractivity contribution in [3.05, 3.63) is 54.5 Å². The lowest BCUT2D eigenvalue weighted by atomic mass is 10.1. The molecular weight excluding hydrogens is 336 g/mol. The van der Waals surface area contributed by atoms with Crippen LogP contribution < -0.4 is 10.2 Å². The van der Waals surface area contributed by atoms with Crippen LogP contribution in [0.5, 0.6) is 0 Å². The number of hydrogen-bond acceptors (Lipinski definition) is 5. The third kappa shape index (κ3) is 4.00. The Morgan fingerprint density at radius 3 is 2.88 bits per heavy atom. The molecule has 1 aliphatic rings.